The molecule has 2 fully saturated rings. The number of hydrogen-bond donors (Lipinski definition) is 4. The Morgan fingerprint density at radius 2 is 2.03 bits per heavy atom. The van der Waals surface area contributed by atoms with Crippen molar-refractivity contribution in [1.29, 1.82) is 5.26 Å². The number of benzene rings is 1. The van der Waals surface area contributed by atoms with Crippen LogP contribution >= 0.6 is 11.6 Å². The summed E-state index contributed by atoms with van der Waals surface area (Å²) < 4.78 is 14.2. The van der Waals surface area contributed by atoms with Crippen molar-refractivity contribution < 1.29 is 18.8 Å². The summed E-state index contributed by atoms with van der Waals surface area (Å²) in [6.07, 6.45) is 4.11. The van der Waals surface area contributed by atoms with Crippen LogP contribution in [0.15, 0.2) is 18.2 Å². The Bertz CT molecular complexity index is 1120. The van der Waals surface area contributed by atoms with E-state index in [1.54, 1.807) is 6.07 Å². The third-order valence-electron chi connectivity index (χ3n) is 6.21. The molecule has 2 aromatic rings. The third kappa shape index (κ3) is 5.45. The molecular formula is C23H25ClFN5O3. The van der Waals surface area contributed by atoms with E-state index in [4.69, 9.17) is 11.6 Å². The Kier molecular flexibility index (Phi) is 6.84. The molecule has 4 rings (SSSR count). The molecule has 0 radical (unpaired) electrons. The van der Waals surface area contributed by atoms with Gasteiger partial charge in [-0.25, -0.2) is 4.39 Å². The molecular weight excluding hydrogens is 449 g/mol. The summed E-state index contributed by atoms with van der Waals surface area (Å²) in [5.74, 6) is -1.78. The number of nitrogens with zero attached hydrogens (tertiary/aromatic N) is 1. The predicted octanol–water partition coefficient (Wildman–Crippen LogP) is 2.78. The van der Waals surface area contributed by atoms with Crippen LogP contribution in [0.25, 0.3) is 10.9 Å². The fraction of sp³-hybridized carbons (Fsp3) is 0.478. The second kappa shape index (κ2) is 9.79. The normalized spacial score (nSPS) is 19.9. The quantitative estimate of drug-likeness (QED) is 0.470. The lowest BCUT2D eigenvalue weighted by atomic mass is 9.92. The SMILES string of the molecule is N#CC(CC1CCCNC1=O)NC(=O)C(CC1CC1)NC(=O)c1cc2ccc(Cl)c(F)c2[nH]1. The highest BCUT2D eigenvalue weighted by Crippen LogP contribution is 2.34. The molecule has 8 nitrogen and oxygen atoms in total. The fourth-order valence-electron chi connectivity index (χ4n) is 4.18. The molecule has 1 aromatic carbocycles. The van der Waals surface area contributed by atoms with Gasteiger partial charge in [-0.1, -0.05) is 30.5 Å². The monoisotopic (exact) mass is 473 g/mol. The van der Waals surface area contributed by atoms with Crippen molar-refractivity contribution in [1.82, 2.24) is 20.9 Å². The number of nitriles is 1. The Labute approximate surface area is 195 Å². The summed E-state index contributed by atoms with van der Waals surface area (Å²) in [6.45, 7) is 0.623. The van der Waals surface area contributed by atoms with Gasteiger partial charge in [0.25, 0.3) is 5.91 Å². The smallest absolute Gasteiger partial charge is 0.268 e. The molecule has 1 saturated carbocycles. The van der Waals surface area contributed by atoms with Crippen LogP contribution in [0, 0.1) is 29.0 Å². The van der Waals surface area contributed by atoms with E-state index in [0.29, 0.717) is 30.7 Å². The number of carbonyl (C=O) groups is 3. The van der Waals surface area contributed by atoms with E-state index in [0.717, 1.165) is 19.3 Å². The van der Waals surface area contributed by atoms with Gasteiger partial charge in [-0.3, -0.25) is 14.4 Å². The Morgan fingerprint density at radius 1 is 1.24 bits per heavy atom. The van der Waals surface area contributed by atoms with Gasteiger partial charge in [-0.15, -0.1) is 0 Å². The lowest BCUT2D eigenvalue weighted by Gasteiger charge is -2.25. The fourth-order valence-corrected chi connectivity index (χ4v) is 4.33. The van der Waals surface area contributed by atoms with Gasteiger partial charge >= 0.3 is 0 Å². The standard InChI is InChI=1S/C23H25ClFN5O3/c24-16-6-5-13-10-18(29-20(13)19(16)25)23(33)30-17(8-12-3-4-12)22(32)28-15(11-26)9-14-2-1-7-27-21(14)31/h5-6,10,12,14-15,17,29H,1-4,7-9H2,(H,27,31)(H,28,32)(H,30,33). The second-order valence-corrected chi connectivity index (χ2v) is 9.18. The maximum Gasteiger partial charge on any atom is 0.268 e. The molecule has 4 N–H and O–H groups in total. The molecule has 2 heterocycles. The van der Waals surface area contributed by atoms with E-state index in [-0.39, 0.29) is 34.5 Å². The van der Waals surface area contributed by atoms with Crippen molar-refractivity contribution in [2.45, 2.75) is 50.6 Å². The minimum absolute atomic E-state index is 0.0588. The van der Waals surface area contributed by atoms with Crippen molar-refractivity contribution in [3.05, 3.63) is 34.7 Å². The number of fused-ring (bicyclic) bond motifs is 1. The molecule has 3 unspecified atom stereocenters. The zero-order valence-corrected chi connectivity index (χ0v) is 18.7. The van der Waals surface area contributed by atoms with Crippen LogP contribution in [0.5, 0.6) is 0 Å². The van der Waals surface area contributed by atoms with Crippen LogP contribution < -0.4 is 16.0 Å². The molecule has 174 valence electrons. The molecule has 0 bridgehead atoms. The van der Waals surface area contributed by atoms with Gasteiger partial charge in [0.1, 0.15) is 17.8 Å². The number of aromatic amines is 1. The number of piperidine rings is 1. The maximum absolute atomic E-state index is 14.2. The highest BCUT2D eigenvalue weighted by atomic mass is 35.5. The van der Waals surface area contributed by atoms with Gasteiger partial charge in [0, 0.05) is 17.8 Å². The minimum atomic E-state index is -0.846. The maximum atomic E-state index is 14.2. The molecule has 3 amide bonds. The van der Waals surface area contributed by atoms with E-state index >= 15 is 0 Å². The number of rotatable bonds is 8. The van der Waals surface area contributed by atoms with E-state index in [2.05, 4.69) is 27.0 Å². The van der Waals surface area contributed by atoms with E-state index in [1.165, 1.54) is 12.1 Å². The molecule has 1 aliphatic carbocycles. The van der Waals surface area contributed by atoms with Crippen molar-refractivity contribution in [3.63, 3.8) is 0 Å². The van der Waals surface area contributed by atoms with Crippen molar-refractivity contribution in [2.75, 3.05) is 6.54 Å². The summed E-state index contributed by atoms with van der Waals surface area (Å²) in [6, 6.07) is 4.87. The van der Waals surface area contributed by atoms with Gasteiger partial charge in [-0.2, -0.15) is 5.26 Å². The second-order valence-electron chi connectivity index (χ2n) is 8.77. The van der Waals surface area contributed by atoms with Gasteiger partial charge in [0.2, 0.25) is 11.8 Å². The zero-order chi connectivity index (χ0) is 23.5. The van der Waals surface area contributed by atoms with Gasteiger partial charge in [-0.05, 0) is 43.7 Å². The highest BCUT2D eigenvalue weighted by molar-refractivity contribution is 6.31. The largest absolute Gasteiger partial charge is 0.356 e. The van der Waals surface area contributed by atoms with Crippen LogP contribution in [0.4, 0.5) is 4.39 Å². The van der Waals surface area contributed by atoms with E-state index < -0.39 is 29.7 Å². The molecule has 1 aliphatic heterocycles. The van der Waals surface area contributed by atoms with Crippen molar-refractivity contribution in [2.24, 2.45) is 11.8 Å². The van der Waals surface area contributed by atoms with E-state index in [9.17, 15) is 24.0 Å². The summed E-state index contributed by atoms with van der Waals surface area (Å²) in [7, 11) is 0. The highest BCUT2D eigenvalue weighted by Gasteiger charge is 2.33. The van der Waals surface area contributed by atoms with E-state index in [1.807, 2.05) is 0 Å². The van der Waals surface area contributed by atoms with Crippen LogP contribution in [0.2, 0.25) is 5.02 Å². The Hall–Kier alpha value is -3.12. The molecule has 1 saturated heterocycles. The van der Waals surface area contributed by atoms with Crippen LogP contribution in [-0.4, -0.2) is 41.3 Å². The molecule has 33 heavy (non-hydrogen) atoms. The number of hydrogen-bond acceptors (Lipinski definition) is 4. The lowest BCUT2D eigenvalue weighted by Crippen LogP contribution is -2.50. The number of H-pyrrole nitrogens is 1. The summed E-state index contributed by atoms with van der Waals surface area (Å²) in [5.41, 5.74) is 0.224. The summed E-state index contributed by atoms with van der Waals surface area (Å²) in [5, 5.41) is 18.1. The molecule has 1 aromatic heterocycles. The number of amides is 3. The van der Waals surface area contributed by atoms with Crippen LogP contribution in [0.3, 0.4) is 0 Å². The van der Waals surface area contributed by atoms with Crippen molar-refractivity contribution >= 4 is 40.2 Å². The molecule has 2 aliphatic rings. The number of carbonyl (C=O) groups excluding carboxylic acids is 3. The molecule has 0 spiro atoms. The predicted molar refractivity (Wildman–Crippen MR) is 120 cm³/mol. The summed E-state index contributed by atoms with van der Waals surface area (Å²) in [4.78, 5) is 40.6. The number of aromatic nitrogens is 1. The average Bonchev–Trinajstić information content (AvgIpc) is 3.51. The van der Waals surface area contributed by atoms with Gasteiger partial charge in [0.05, 0.1) is 16.6 Å². The first-order chi connectivity index (χ1) is 15.9. The van der Waals surface area contributed by atoms with Crippen LogP contribution in [-0.2, 0) is 9.59 Å². The van der Waals surface area contributed by atoms with Crippen molar-refractivity contribution in [3.8, 4) is 6.07 Å². The van der Waals surface area contributed by atoms with Crippen LogP contribution in [0.1, 0.15) is 49.0 Å². The number of halogens is 2. The molecule has 3 atom stereocenters. The summed E-state index contributed by atoms with van der Waals surface area (Å²) >= 11 is 5.81. The first kappa shape index (κ1) is 23.1. The third-order valence-corrected chi connectivity index (χ3v) is 6.50. The van der Waals surface area contributed by atoms with Gasteiger partial charge < -0.3 is 20.9 Å². The first-order valence-corrected chi connectivity index (χ1v) is 11.5. The zero-order valence-electron chi connectivity index (χ0n) is 17.9. The van der Waals surface area contributed by atoms with Gasteiger partial charge in [0.15, 0.2) is 5.82 Å². The Morgan fingerprint density at radius 3 is 2.73 bits per heavy atom. The first-order valence-electron chi connectivity index (χ1n) is 11.1. The number of nitrogens with one attached hydrogen (secondary N) is 4. The molecule has 10 heteroatoms. The average molecular weight is 474 g/mol. The minimum Gasteiger partial charge on any atom is -0.356 e. The Balaban J connectivity index is 1.44. The topological polar surface area (TPSA) is 127 Å². The lowest BCUT2D eigenvalue weighted by molar-refractivity contribution is -0.128.